The van der Waals surface area contributed by atoms with Crippen LogP contribution in [0.25, 0.3) is 16.8 Å². The van der Waals surface area contributed by atoms with Gasteiger partial charge in [-0.3, -0.25) is 0 Å². The van der Waals surface area contributed by atoms with Crippen LogP contribution >= 0.6 is 0 Å². The zero-order valence-corrected chi connectivity index (χ0v) is 14.3. The zero-order chi connectivity index (χ0) is 18.1. The van der Waals surface area contributed by atoms with E-state index in [9.17, 15) is 8.78 Å². The van der Waals surface area contributed by atoms with Gasteiger partial charge in [-0.25, -0.2) is 8.78 Å². The van der Waals surface area contributed by atoms with Crippen molar-refractivity contribution >= 4 is 5.57 Å². The van der Waals surface area contributed by atoms with Crippen molar-refractivity contribution in [1.82, 2.24) is 15.5 Å². The number of nitrogens with zero attached hydrogens (tertiary/aromatic N) is 2. The summed E-state index contributed by atoms with van der Waals surface area (Å²) in [6, 6.07) is 13.5. The number of nitrogens with one attached hydrogen (secondary N) is 1. The number of halogens is 2. The van der Waals surface area contributed by atoms with Crippen molar-refractivity contribution in [2.75, 3.05) is 6.54 Å². The maximum Gasteiger partial charge on any atom is 0.126 e. The van der Waals surface area contributed by atoms with Crippen molar-refractivity contribution in [3.63, 3.8) is 0 Å². The topological polar surface area (TPSA) is 37.8 Å². The summed E-state index contributed by atoms with van der Waals surface area (Å²) < 4.78 is 27.4. The molecule has 2 aromatic carbocycles. The van der Waals surface area contributed by atoms with E-state index in [2.05, 4.69) is 21.6 Å². The molecule has 26 heavy (non-hydrogen) atoms. The number of aromatic nitrogens is 2. The van der Waals surface area contributed by atoms with Crippen LogP contribution in [0.15, 0.2) is 54.6 Å². The Bertz CT molecular complexity index is 974. The van der Waals surface area contributed by atoms with Crippen LogP contribution in [0.5, 0.6) is 0 Å². The van der Waals surface area contributed by atoms with Gasteiger partial charge in [-0.2, -0.15) is 10.2 Å². The third-order valence-electron chi connectivity index (χ3n) is 4.43. The van der Waals surface area contributed by atoms with Crippen LogP contribution in [0.2, 0.25) is 0 Å². The molecule has 0 unspecified atom stereocenters. The summed E-state index contributed by atoms with van der Waals surface area (Å²) in [5.41, 5.74) is 6.00. The highest BCUT2D eigenvalue weighted by atomic mass is 19.1. The average molecular weight is 349 g/mol. The van der Waals surface area contributed by atoms with Gasteiger partial charge in [-0.1, -0.05) is 18.2 Å². The molecule has 0 amide bonds. The fourth-order valence-corrected chi connectivity index (χ4v) is 3.19. The second kappa shape index (κ2) is 6.77. The number of hydrogen-bond acceptors (Lipinski definition) is 3. The maximum absolute atomic E-state index is 13.7. The van der Waals surface area contributed by atoms with Crippen molar-refractivity contribution in [3.8, 4) is 11.3 Å². The molecule has 5 heteroatoms. The van der Waals surface area contributed by atoms with Crippen LogP contribution < -0.4 is 5.32 Å². The summed E-state index contributed by atoms with van der Waals surface area (Å²) in [5.74, 6) is -1.16. The quantitative estimate of drug-likeness (QED) is 0.751. The standard InChI is InChI=1S/C21H17F2N3/c1-13-2-5-21(26-25-13)14-3-4-19-16(8-14)12-24-7-6-20(19)15-9-17(22)11-18(23)10-15/h2-6,8-11,24H,7,12H2,1H3. The molecule has 3 nitrogen and oxygen atoms in total. The van der Waals surface area contributed by atoms with Crippen molar-refractivity contribution in [2.24, 2.45) is 0 Å². The van der Waals surface area contributed by atoms with Gasteiger partial charge >= 0.3 is 0 Å². The lowest BCUT2D eigenvalue weighted by atomic mass is 9.92. The molecule has 3 aromatic rings. The molecule has 1 aliphatic heterocycles. The average Bonchev–Trinajstić information content (AvgIpc) is 2.83. The molecule has 0 radical (unpaired) electrons. The Morgan fingerprint density at radius 3 is 2.42 bits per heavy atom. The molecule has 0 atom stereocenters. The highest BCUT2D eigenvalue weighted by molar-refractivity contribution is 5.83. The molecule has 130 valence electrons. The second-order valence-electron chi connectivity index (χ2n) is 6.34. The van der Waals surface area contributed by atoms with E-state index in [4.69, 9.17) is 0 Å². The molecule has 0 saturated carbocycles. The van der Waals surface area contributed by atoms with Gasteiger partial charge in [-0.15, -0.1) is 0 Å². The number of benzene rings is 2. The van der Waals surface area contributed by atoms with Crippen LogP contribution in [0.3, 0.4) is 0 Å². The van der Waals surface area contributed by atoms with Gasteiger partial charge in [0.05, 0.1) is 11.4 Å². The van der Waals surface area contributed by atoms with Crippen LogP contribution in [0, 0.1) is 18.6 Å². The Labute approximate surface area is 150 Å². The summed E-state index contributed by atoms with van der Waals surface area (Å²) in [6.45, 7) is 3.19. The third-order valence-corrected chi connectivity index (χ3v) is 4.43. The molecule has 0 bridgehead atoms. The van der Waals surface area contributed by atoms with E-state index in [1.807, 2.05) is 37.3 Å². The first-order valence-corrected chi connectivity index (χ1v) is 8.41. The first-order chi connectivity index (χ1) is 12.6. The zero-order valence-electron chi connectivity index (χ0n) is 14.3. The Balaban J connectivity index is 1.79. The SMILES string of the molecule is Cc1ccc(-c2ccc3c(c2)CNCC=C3c2cc(F)cc(F)c2)nn1. The molecule has 4 rings (SSSR count). The smallest absolute Gasteiger partial charge is 0.126 e. The van der Waals surface area contributed by atoms with Crippen molar-refractivity contribution in [3.05, 3.63) is 88.6 Å². The fourth-order valence-electron chi connectivity index (χ4n) is 3.19. The predicted octanol–water partition coefficient (Wildman–Crippen LogP) is 4.27. The molecular formula is C21H17F2N3. The summed E-state index contributed by atoms with van der Waals surface area (Å²) >= 11 is 0. The van der Waals surface area contributed by atoms with Crippen LogP contribution in [-0.2, 0) is 6.54 Å². The molecular weight excluding hydrogens is 332 g/mol. The van der Waals surface area contributed by atoms with Gasteiger partial charge in [-0.05, 0) is 59.5 Å². The number of rotatable bonds is 2. The second-order valence-corrected chi connectivity index (χ2v) is 6.34. The summed E-state index contributed by atoms with van der Waals surface area (Å²) in [7, 11) is 0. The van der Waals surface area contributed by atoms with E-state index in [1.165, 1.54) is 12.1 Å². The van der Waals surface area contributed by atoms with Gasteiger partial charge < -0.3 is 5.32 Å². The number of aryl methyl sites for hydroxylation is 1. The number of hydrogen-bond donors (Lipinski definition) is 1. The lowest BCUT2D eigenvalue weighted by Crippen LogP contribution is -2.11. The predicted molar refractivity (Wildman–Crippen MR) is 97.3 cm³/mol. The number of fused-ring (bicyclic) bond motifs is 1. The van der Waals surface area contributed by atoms with Crippen molar-refractivity contribution in [1.29, 1.82) is 0 Å². The minimum Gasteiger partial charge on any atom is -0.309 e. The van der Waals surface area contributed by atoms with Gasteiger partial charge in [0.2, 0.25) is 0 Å². The molecule has 0 aliphatic carbocycles. The minimum absolute atomic E-state index is 0.537. The van der Waals surface area contributed by atoms with Gasteiger partial charge in [0.1, 0.15) is 11.6 Å². The van der Waals surface area contributed by atoms with Gasteiger partial charge in [0, 0.05) is 24.7 Å². The Kier molecular flexibility index (Phi) is 4.31. The Hall–Kier alpha value is -2.92. The summed E-state index contributed by atoms with van der Waals surface area (Å²) in [6.07, 6.45) is 1.96. The van der Waals surface area contributed by atoms with Crippen molar-refractivity contribution in [2.45, 2.75) is 13.5 Å². The van der Waals surface area contributed by atoms with E-state index < -0.39 is 11.6 Å². The van der Waals surface area contributed by atoms with E-state index in [0.29, 0.717) is 18.7 Å². The monoisotopic (exact) mass is 349 g/mol. The van der Waals surface area contributed by atoms with E-state index >= 15 is 0 Å². The highest BCUT2D eigenvalue weighted by Crippen LogP contribution is 2.31. The maximum atomic E-state index is 13.7. The van der Waals surface area contributed by atoms with Crippen LogP contribution in [0.1, 0.15) is 22.4 Å². The summed E-state index contributed by atoms with van der Waals surface area (Å²) in [4.78, 5) is 0. The van der Waals surface area contributed by atoms with Crippen LogP contribution in [0.4, 0.5) is 8.78 Å². The highest BCUT2D eigenvalue weighted by Gasteiger charge is 2.16. The lowest BCUT2D eigenvalue weighted by Gasteiger charge is -2.13. The lowest BCUT2D eigenvalue weighted by molar-refractivity contribution is 0.582. The molecule has 0 fully saturated rings. The molecule has 0 saturated heterocycles. The summed E-state index contributed by atoms with van der Waals surface area (Å²) in [5, 5.41) is 11.7. The normalized spacial score (nSPS) is 13.7. The molecule has 0 spiro atoms. The van der Waals surface area contributed by atoms with Gasteiger partial charge in [0.15, 0.2) is 0 Å². The van der Waals surface area contributed by atoms with Crippen molar-refractivity contribution < 1.29 is 8.78 Å². The van der Waals surface area contributed by atoms with Gasteiger partial charge in [0.25, 0.3) is 0 Å². The molecule has 1 N–H and O–H groups in total. The molecule has 1 aliphatic rings. The fraction of sp³-hybridized carbons (Fsp3) is 0.143. The third kappa shape index (κ3) is 3.26. The minimum atomic E-state index is -0.578. The van der Waals surface area contributed by atoms with Crippen LogP contribution in [-0.4, -0.2) is 16.7 Å². The van der Waals surface area contributed by atoms with E-state index in [0.717, 1.165) is 39.7 Å². The molecule has 1 aromatic heterocycles. The molecule has 2 heterocycles. The Morgan fingerprint density at radius 1 is 0.885 bits per heavy atom. The first-order valence-electron chi connectivity index (χ1n) is 8.41. The first kappa shape index (κ1) is 16.5. The van der Waals surface area contributed by atoms with E-state index in [1.54, 1.807) is 0 Å². The van der Waals surface area contributed by atoms with E-state index in [-0.39, 0.29) is 0 Å². The largest absolute Gasteiger partial charge is 0.309 e. The Morgan fingerprint density at radius 2 is 1.69 bits per heavy atom.